The lowest BCUT2D eigenvalue weighted by Gasteiger charge is -2.22. The highest BCUT2D eigenvalue weighted by Crippen LogP contribution is 2.16. The number of rotatable bonds is 4. The average Bonchev–Trinajstić information content (AvgIpc) is 2.40. The third-order valence-electron chi connectivity index (χ3n) is 3.04. The molecule has 1 aromatic heterocycles. The SMILES string of the molecule is N#Cc1cc(OCCC2CCCNC2)ccn1. The topological polar surface area (TPSA) is 57.9 Å². The van der Waals surface area contributed by atoms with Gasteiger partial charge < -0.3 is 10.1 Å². The highest BCUT2D eigenvalue weighted by molar-refractivity contribution is 5.29. The van der Waals surface area contributed by atoms with Crippen LogP contribution in [0.1, 0.15) is 25.0 Å². The molecule has 17 heavy (non-hydrogen) atoms. The third kappa shape index (κ3) is 3.72. The summed E-state index contributed by atoms with van der Waals surface area (Å²) in [5.41, 5.74) is 0.404. The van der Waals surface area contributed by atoms with Gasteiger partial charge in [0.2, 0.25) is 0 Å². The Morgan fingerprint density at radius 3 is 3.29 bits per heavy atom. The van der Waals surface area contributed by atoms with E-state index in [0.29, 0.717) is 12.3 Å². The van der Waals surface area contributed by atoms with Crippen molar-refractivity contribution in [2.45, 2.75) is 19.3 Å². The van der Waals surface area contributed by atoms with Crippen LogP contribution in [0, 0.1) is 17.2 Å². The number of pyridine rings is 1. The van der Waals surface area contributed by atoms with E-state index in [1.807, 2.05) is 6.07 Å². The molecule has 2 heterocycles. The predicted octanol–water partition coefficient (Wildman–Crippen LogP) is 1.72. The van der Waals surface area contributed by atoms with Crippen molar-refractivity contribution in [1.29, 1.82) is 5.26 Å². The van der Waals surface area contributed by atoms with Crippen LogP contribution in [0.2, 0.25) is 0 Å². The van der Waals surface area contributed by atoms with Crippen LogP contribution in [0.25, 0.3) is 0 Å². The van der Waals surface area contributed by atoms with Gasteiger partial charge in [0, 0.05) is 12.3 Å². The van der Waals surface area contributed by atoms with Crippen molar-refractivity contribution < 1.29 is 4.74 Å². The molecule has 0 aliphatic carbocycles. The lowest BCUT2D eigenvalue weighted by molar-refractivity contribution is 0.254. The number of nitrogens with one attached hydrogen (secondary N) is 1. The van der Waals surface area contributed by atoms with Crippen LogP contribution >= 0.6 is 0 Å². The summed E-state index contributed by atoms with van der Waals surface area (Å²) in [5.74, 6) is 1.46. The number of nitrogens with zero attached hydrogens (tertiary/aromatic N) is 2. The van der Waals surface area contributed by atoms with Crippen molar-refractivity contribution in [2.75, 3.05) is 19.7 Å². The summed E-state index contributed by atoms with van der Waals surface area (Å²) in [6, 6.07) is 5.48. The standard InChI is InChI=1S/C13H17N3O/c14-9-12-8-13(3-6-16-12)17-7-4-11-2-1-5-15-10-11/h3,6,8,11,15H,1-2,4-5,7,10H2. The Bertz CT molecular complexity index is 394. The molecule has 1 saturated heterocycles. The smallest absolute Gasteiger partial charge is 0.144 e. The van der Waals surface area contributed by atoms with Gasteiger partial charge in [0.1, 0.15) is 17.5 Å². The van der Waals surface area contributed by atoms with E-state index < -0.39 is 0 Å². The Hall–Kier alpha value is -1.60. The van der Waals surface area contributed by atoms with Crippen molar-refractivity contribution in [1.82, 2.24) is 10.3 Å². The second kappa shape index (κ2) is 6.21. The molecule has 4 heteroatoms. The highest BCUT2D eigenvalue weighted by atomic mass is 16.5. The molecule has 90 valence electrons. The molecule has 4 nitrogen and oxygen atoms in total. The summed E-state index contributed by atoms with van der Waals surface area (Å²) in [4.78, 5) is 3.90. The van der Waals surface area contributed by atoms with E-state index in [1.165, 1.54) is 12.8 Å². The number of piperidine rings is 1. The molecule has 0 saturated carbocycles. The van der Waals surface area contributed by atoms with Crippen molar-refractivity contribution >= 4 is 0 Å². The molecule has 0 bridgehead atoms. The van der Waals surface area contributed by atoms with Gasteiger partial charge in [-0.05, 0) is 44.3 Å². The van der Waals surface area contributed by atoms with E-state index in [1.54, 1.807) is 18.3 Å². The van der Waals surface area contributed by atoms with E-state index in [9.17, 15) is 0 Å². The molecule has 1 atom stereocenters. The summed E-state index contributed by atoms with van der Waals surface area (Å²) in [7, 11) is 0. The van der Waals surface area contributed by atoms with Gasteiger partial charge in [0.15, 0.2) is 0 Å². The van der Waals surface area contributed by atoms with Gasteiger partial charge in [-0.3, -0.25) is 0 Å². The molecule has 1 aromatic rings. The van der Waals surface area contributed by atoms with E-state index in [0.717, 1.165) is 31.2 Å². The first-order valence-corrected chi connectivity index (χ1v) is 6.08. The normalized spacial score (nSPS) is 19.6. The quantitative estimate of drug-likeness (QED) is 0.857. The summed E-state index contributed by atoms with van der Waals surface area (Å²) in [5, 5.41) is 12.1. The number of nitriles is 1. The summed E-state index contributed by atoms with van der Waals surface area (Å²) in [6.07, 6.45) is 5.22. The second-order valence-corrected chi connectivity index (χ2v) is 4.34. The fourth-order valence-electron chi connectivity index (χ4n) is 2.08. The van der Waals surface area contributed by atoms with Gasteiger partial charge in [-0.25, -0.2) is 4.98 Å². The minimum atomic E-state index is 0.404. The fourth-order valence-corrected chi connectivity index (χ4v) is 2.08. The summed E-state index contributed by atoms with van der Waals surface area (Å²) < 4.78 is 5.63. The Kier molecular flexibility index (Phi) is 4.34. The van der Waals surface area contributed by atoms with Crippen molar-refractivity contribution in [3.8, 4) is 11.8 Å². The van der Waals surface area contributed by atoms with E-state index in [2.05, 4.69) is 10.3 Å². The minimum Gasteiger partial charge on any atom is -0.493 e. The largest absolute Gasteiger partial charge is 0.493 e. The zero-order valence-corrected chi connectivity index (χ0v) is 9.85. The van der Waals surface area contributed by atoms with E-state index >= 15 is 0 Å². The van der Waals surface area contributed by atoms with Crippen LogP contribution in [0.4, 0.5) is 0 Å². The molecular weight excluding hydrogens is 214 g/mol. The molecule has 0 spiro atoms. The minimum absolute atomic E-state index is 0.404. The number of hydrogen-bond acceptors (Lipinski definition) is 4. The molecule has 1 fully saturated rings. The Morgan fingerprint density at radius 1 is 1.59 bits per heavy atom. The predicted molar refractivity (Wildman–Crippen MR) is 64.7 cm³/mol. The molecular formula is C13H17N3O. The number of hydrogen-bond donors (Lipinski definition) is 1. The fraction of sp³-hybridized carbons (Fsp3) is 0.538. The lowest BCUT2D eigenvalue weighted by Crippen LogP contribution is -2.30. The van der Waals surface area contributed by atoms with Crippen LogP contribution in [-0.4, -0.2) is 24.7 Å². The van der Waals surface area contributed by atoms with Crippen LogP contribution in [0.15, 0.2) is 18.3 Å². The second-order valence-electron chi connectivity index (χ2n) is 4.34. The lowest BCUT2D eigenvalue weighted by atomic mass is 9.97. The van der Waals surface area contributed by atoms with Gasteiger partial charge in [0.05, 0.1) is 6.61 Å². The van der Waals surface area contributed by atoms with Gasteiger partial charge in [0.25, 0.3) is 0 Å². The molecule has 0 radical (unpaired) electrons. The van der Waals surface area contributed by atoms with Gasteiger partial charge in [-0.1, -0.05) is 0 Å². The summed E-state index contributed by atoms with van der Waals surface area (Å²) >= 11 is 0. The Balaban J connectivity index is 1.75. The molecule has 1 aliphatic rings. The first kappa shape index (κ1) is 11.9. The zero-order chi connectivity index (χ0) is 11.9. The van der Waals surface area contributed by atoms with Gasteiger partial charge in [-0.15, -0.1) is 0 Å². The maximum absolute atomic E-state index is 8.71. The molecule has 0 aromatic carbocycles. The first-order chi connectivity index (χ1) is 8.38. The Labute approximate surface area is 102 Å². The number of ether oxygens (including phenoxy) is 1. The van der Waals surface area contributed by atoms with Gasteiger partial charge >= 0.3 is 0 Å². The van der Waals surface area contributed by atoms with Crippen molar-refractivity contribution in [3.05, 3.63) is 24.0 Å². The Morgan fingerprint density at radius 2 is 2.53 bits per heavy atom. The van der Waals surface area contributed by atoms with Crippen LogP contribution in [0.5, 0.6) is 5.75 Å². The monoisotopic (exact) mass is 231 g/mol. The van der Waals surface area contributed by atoms with E-state index in [-0.39, 0.29) is 0 Å². The zero-order valence-electron chi connectivity index (χ0n) is 9.85. The first-order valence-electron chi connectivity index (χ1n) is 6.08. The maximum atomic E-state index is 8.71. The van der Waals surface area contributed by atoms with Crippen LogP contribution in [0.3, 0.4) is 0 Å². The van der Waals surface area contributed by atoms with Gasteiger partial charge in [-0.2, -0.15) is 5.26 Å². The molecule has 0 amide bonds. The molecule has 1 unspecified atom stereocenters. The third-order valence-corrected chi connectivity index (χ3v) is 3.04. The van der Waals surface area contributed by atoms with Crippen LogP contribution in [-0.2, 0) is 0 Å². The average molecular weight is 231 g/mol. The summed E-state index contributed by atoms with van der Waals surface area (Å²) in [6.45, 7) is 2.96. The number of aromatic nitrogens is 1. The highest BCUT2D eigenvalue weighted by Gasteiger charge is 2.12. The van der Waals surface area contributed by atoms with Crippen LogP contribution < -0.4 is 10.1 Å². The van der Waals surface area contributed by atoms with E-state index in [4.69, 9.17) is 10.00 Å². The molecule has 1 N–H and O–H groups in total. The molecule has 1 aliphatic heterocycles. The maximum Gasteiger partial charge on any atom is 0.144 e. The van der Waals surface area contributed by atoms with Crippen molar-refractivity contribution in [3.63, 3.8) is 0 Å². The molecule has 2 rings (SSSR count). The van der Waals surface area contributed by atoms with Crippen molar-refractivity contribution in [2.24, 2.45) is 5.92 Å².